The topological polar surface area (TPSA) is 40.5 Å². The molecule has 3 heteroatoms. The van der Waals surface area contributed by atoms with Gasteiger partial charge in [0.1, 0.15) is 5.75 Å². The molecule has 0 aliphatic heterocycles. The number of hydrogen-bond donors (Lipinski definition) is 2. The van der Waals surface area contributed by atoms with Crippen LogP contribution in [-0.2, 0) is 6.61 Å². The molecule has 1 aromatic rings. The Balaban J connectivity index is 3.24. The second kappa shape index (κ2) is 3.11. The molecule has 0 heterocycles. The van der Waals surface area contributed by atoms with Crippen molar-refractivity contribution >= 4 is 11.6 Å². The van der Waals surface area contributed by atoms with E-state index in [0.717, 1.165) is 0 Å². The van der Waals surface area contributed by atoms with E-state index in [9.17, 15) is 5.11 Å². The molecule has 0 saturated carbocycles. The fraction of sp³-hybridized carbons (Fsp3) is 0.250. The molecule has 0 aliphatic carbocycles. The Morgan fingerprint density at radius 2 is 2.09 bits per heavy atom. The van der Waals surface area contributed by atoms with Crippen LogP contribution in [0.15, 0.2) is 12.1 Å². The van der Waals surface area contributed by atoms with Gasteiger partial charge >= 0.3 is 0 Å². The van der Waals surface area contributed by atoms with Crippen molar-refractivity contribution in [3.05, 3.63) is 28.3 Å². The zero-order valence-electron chi connectivity index (χ0n) is 6.13. The first-order chi connectivity index (χ1) is 5.15. The van der Waals surface area contributed by atoms with Crippen molar-refractivity contribution in [2.75, 3.05) is 0 Å². The third-order valence-electron chi connectivity index (χ3n) is 1.51. The van der Waals surface area contributed by atoms with Crippen LogP contribution in [0.1, 0.15) is 11.1 Å². The quantitative estimate of drug-likeness (QED) is 0.679. The van der Waals surface area contributed by atoms with Gasteiger partial charge in [0.15, 0.2) is 0 Å². The Bertz CT molecular complexity index is 271. The Labute approximate surface area is 70.1 Å². The first kappa shape index (κ1) is 8.37. The first-order valence-corrected chi connectivity index (χ1v) is 3.62. The second-order valence-corrected chi connectivity index (χ2v) is 2.82. The number of aromatic hydroxyl groups is 1. The van der Waals surface area contributed by atoms with Crippen molar-refractivity contribution in [3.63, 3.8) is 0 Å². The Morgan fingerprint density at radius 3 is 2.64 bits per heavy atom. The minimum absolute atomic E-state index is 0.122. The van der Waals surface area contributed by atoms with Crippen LogP contribution in [0.4, 0.5) is 0 Å². The molecule has 0 aliphatic rings. The summed E-state index contributed by atoms with van der Waals surface area (Å²) in [5.74, 6) is 0.122. The third kappa shape index (κ3) is 1.64. The summed E-state index contributed by atoms with van der Waals surface area (Å²) in [5.41, 5.74) is 1.15. The number of phenols is 1. The van der Waals surface area contributed by atoms with Gasteiger partial charge < -0.3 is 10.2 Å². The predicted octanol–water partition coefficient (Wildman–Crippen LogP) is 1.85. The van der Waals surface area contributed by atoms with Gasteiger partial charge in [-0.2, -0.15) is 0 Å². The lowest BCUT2D eigenvalue weighted by Gasteiger charge is -2.04. The maximum absolute atomic E-state index is 9.30. The smallest absolute Gasteiger partial charge is 0.124 e. The molecule has 60 valence electrons. The average molecular weight is 173 g/mol. The standard InChI is InChI=1S/C8H9ClO2/c1-5-2-7(9)3-6(4-10)8(5)11/h2-3,10-11H,4H2,1H3. The molecule has 1 aromatic carbocycles. The Kier molecular flexibility index (Phi) is 2.37. The Hall–Kier alpha value is -0.730. The highest BCUT2D eigenvalue weighted by atomic mass is 35.5. The van der Waals surface area contributed by atoms with Crippen LogP contribution in [0, 0.1) is 6.92 Å². The van der Waals surface area contributed by atoms with Crippen LogP contribution in [0.25, 0.3) is 0 Å². The van der Waals surface area contributed by atoms with Crippen LogP contribution in [0.5, 0.6) is 5.75 Å². The lowest BCUT2D eigenvalue weighted by atomic mass is 10.1. The molecular formula is C8H9ClO2. The summed E-state index contributed by atoms with van der Waals surface area (Å²) in [5, 5.41) is 18.6. The van der Waals surface area contributed by atoms with Gasteiger partial charge in [0.25, 0.3) is 0 Å². The van der Waals surface area contributed by atoms with E-state index in [1.807, 2.05) is 0 Å². The molecule has 0 saturated heterocycles. The summed E-state index contributed by atoms with van der Waals surface area (Å²) in [6, 6.07) is 3.19. The Morgan fingerprint density at radius 1 is 1.45 bits per heavy atom. The molecule has 0 fully saturated rings. The van der Waals surface area contributed by atoms with Crippen LogP contribution < -0.4 is 0 Å². The summed E-state index contributed by atoms with van der Waals surface area (Å²) >= 11 is 5.68. The maximum Gasteiger partial charge on any atom is 0.124 e. The number of aryl methyl sites for hydroxylation is 1. The van der Waals surface area contributed by atoms with Gasteiger partial charge in [-0.05, 0) is 24.6 Å². The molecule has 0 bridgehead atoms. The van der Waals surface area contributed by atoms with E-state index in [2.05, 4.69) is 0 Å². The minimum Gasteiger partial charge on any atom is -0.507 e. The van der Waals surface area contributed by atoms with Crippen LogP contribution in [0.2, 0.25) is 5.02 Å². The van der Waals surface area contributed by atoms with Crippen molar-refractivity contribution in [2.24, 2.45) is 0 Å². The number of hydrogen-bond acceptors (Lipinski definition) is 2. The van der Waals surface area contributed by atoms with E-state index in [-0.39, 0.29) is 12.4 Å². The summed E-state index contributed by atoms with van der Waals surface area (Å²) in [4.78, 5) is 0. The van der Waals surface area contributed by atoms with E-state index in [4.69, 9.17) is 16.7 Å². The third-order valence-corrected chi connectivity index (χ3v) is 1.73. The highest BCUT2D eigenvalue weighted by molar-refractivity contribution is 6.30. The van der Waals surface area contributed by atoms with E-state index >= 15 is 0 Å². The molecule has 2 N–H and O–H groups in total. The van der Waals surface area contributed by atoms with Crippen molar-refractivity contribution in [1.29, 1.82) is 0 Å². The highest BCUT2D eigenvalue weighted by Gasteiger charge is 2.03. The maximum atomic E-state index is 9.30. The van der Waals surface area contributed by atoms with Gasteiger partial charge in [-0.1, -0.05) is 11.6 Å². The number of halogens is 1. The van der Waals surface area contributed by atoms with Crippen molar-refractivity contribution < 1.29 is 10.2 Å². The van der Waals surface area contributed by atoms with E-state index in [1.165, 1.54) is 0 Å². The van der Waals surface area contributed by atoms with Crippen LogP contribution in [-0.4, -0.2) is 10.2 Å². The minimum atomic E-state index is -0.187. The molecule has 0 unspecified atom stereocenters. The second-order valence-electron chi connectivity index (χ2n) is 2.39. The average Bonchev–Trinajstić information content (AvgIpc) is 1.96. The zero-order chi connectivity index (χ0) is 8.43. The summed E-state index contributed by atoms with van der Waals surface area (Å²) < 4.78 is 0. The van der Waals surface area contributed by atoms with Gasteiger partial charge in [0.05, 0.1) is 6.61 Å². The van der Waals surface area contributed by atoms with Gasteiger partial charge in [0.2, 0.25) is 0 Å². The van der Waals surface area contributed by atoms with Crippen molar-refractivity contribution in [2.45, 2.75) is 13.5 Å². The monoisotopic (exact) mass is 172 g/mol. The lowest BCUT2D eigenvalue weighted by Crippen LogP contribution is -1.86. The first-order valence-electron chi connectivity index (χ1n) is 3.24. The molecular weight excluding hydrogens is 164 g/mol. The van der Waals surface area contributed by atoms with Crippen LogP contribution in [0.3, 0.4) is 0 Å². The summed E-state index contributed by atoms with van der Waals surface area (Å²) in [6.45, 7) is 1.55. The predicted molar refractivity (Wildman–Crippen MR) is 43.8 cm³/mol. The SMILES string of the molecule is Cc1cc(Cl)cc(CO)c1O. The fourth-order valence-corrected chi connectivity index (χ4v) is 1.22. The number of rotatable bonds is 1. The largest absolute Gasteiger partial charge is 0.507 e. The zero-order valence-corrected chi connectivity index (χ0v) is 6.89. The molecule has 2 nitrogen and oxygen atoms in total. The van der Waals surface area contributed by atoms with Gasteiger partial charge in [-0.3, -0.25) is 0 Å². The molecule has 1 rings (SSSR count). The number of aliphatic hydroxyl groups excluding tert-OH is 1. The van der Waals surface area contributed by atoms with E-state index < -0.39 is 0 Å². The normalized spacial score (nSPS) is 10.1. The van der Waals surface area contributed by atoms with E-state index in [1.54, 1.807) is 19.1 Å². The van der Waals surface area contributed by atoms with Gasteiger partial charge in [0, 0.05) is 10.6 Å². The molecule has 0 amide bonds. The summed E-state index contributed by atoms with van der Waals surface area (Å²) in [7, 11) is 0. The summed E-state index contributed by atoms with van der Waals surface area (Å²) in [6.07, 6.45) is 0. The number of benzene rings is 1. The molecule has 0 atom stereocenters. The van der Waals surface area contributed by atoms with Crippen LogP contribution >= 0.6 is 11.6 Å². The fourth-order valence-electron chi connectivity index (χ4n) is 0.925. The van der Waals surface area contributed by atoms with E-state index in [0.29, 0.717) is 16.1 Å². The van der Waals surface area contributed by atoms with Crippen molar-refractivity contribution in [1.82, 2.24) is 0 Å². The molecule has 0 aromatic heterocycles. The van der Waals surface area contributed by atoms with Crippen molar-refractivity contribution in [3.8, 4) is 5.75 Å². The highest BCUT2D eigenvalue weighted by Crippen LogP contribution is 2.25. The lowest BCUT2D eigenvalue weighted by molar-refractivity contribution is 0.275. The number of aliphatic hydroxyl groups is 1. The van der Waals surface area contributed by atoms with Gasteiger partial charge in [-0.25, -0.2) is 0 Å². The molecule has 0 radical (unpaired) electrons. The molecule has 11 heavy (non-hydrogen) atoms. The molecule has 0 spiro atoms. The van der Waals surface area contributed by atoms with Gasteiger partial charge in [-0.15, -0.1) is 0 Å².